The number of hydrogen-bond acceptors (Lipinski definition) is 14. The second-order valence-corrected chi connectivity index (χ2v) is 29.7. The van der Waals surface area contributed by atoms with Crippen LogP contribution in [0.2, 0.25) is 0 Å². The fourth-order valence-corrected chi connectivity index (χ4v) is 12.1. The molecule has 0 bridgehead atoms. The second kappa shape index (κ2) is 80.2. The van der Waals surface area contributed by atoms with Crippen LogP contribution in [0.1, 0.15) is 303 Å². The van der Waals surface area contributed by atoms with Crippen molar-refractivity contribution in [3.05, 3.63) is 182 Å². The van der Waals surface area contributed by atoms with Crippen molar-refractivity contribution < 1.29 is 75.8 Å². The highest BCUT2D eigenvalue weighted by atomic mass is 31.2. The molecule has 0 spiro atoms. The third-order valence-corrected chi connectivity index (χ3v) is 18.5. The smallest absolute Gasteiger partial charge is 0.463 e. The molecule has 0 aliphatic carbocycles. The first kappa shape index (κ1) is 102. The molecule has 0 radical (unpaired) electrons. The van der Waals surface area contributed by atoms with Crippen LogP contribution in [0.25, 0.3) is 0 Å². The minimum Gasteiger partial charge on any atom is -0.463 e. The van der Waals surface area contributed by atoms with Crippen molar-refractivity contribution in [3.8, 4) is 0 Å². The predicted octanol–water partition coefficient (Wildman–Crippen LogP) is 24.5. The van der Waals surface area contributed by atoms with Gasteiger partial charge in [-0.25, -0.2) is 9.13 Å². The van der Waals surface area contributed by atoms with Crippen molar-refractivity contribution in [1.29, 1.82) is 0 Å². The summed E-state index contributed by atoms with van der Waals surface area (Å²) in [6, 6.07) is 0. The van der Waals surface area contributed by atoms with E-state index in [1.807, 2.05) is 0 Å². The maximum Gasteiger partial charge on any atom is 0.472 e. The SMILES string of the molecule is CC/C=C\C/C=C\C/C=C\C/C=C\C/C=C\C/C=C\CCCCCCCCCCCCCCCCC(=O)OCC(O)COP(=O)(O)OCC(O)COP(=O)(O)OCC(COC(=O)CCCC/C=C\C/C=C\C/C=C\C/C=C\C/C=C\C/C=C\CC)OC(=O)CCCCCCCCC/C=C\C/C=C\C/C=C\CC. The van der Waals surface area contributed by atoms with Crippen LogP contribution < -0.4 is 0 Å². The molecule has 4 N–H and O–H groups in total. The van der Waals surface area contributed by atoms with E-state index in [0.29, 0.717) is 19.3 Å². The van der Waals surface area contributed by atoms with E-state index in [2.05, 4.69) is 203 Å². The van der Waals surface area contributed by atoms with Crippen LogP contribution in [0.15, 0.2) is 182 Å². The lowest BCUT2D eigenvalue weighted by Gasteiger charge is -2.21. The summed E-state index contributed by atoms with van der Waals surface area (Å²) in [4.78, 5) is 58.7. The van der Waals surface area contributed by atoms with Gasteiger partial charge in [-0.3, -0.25) is 32.5 Å². The Morgan fingerprint density at radius 3 is 0.757 bits per heavy atom. The number of allylic oxidation sites excluding steroid dienone is 30. The van der Waals surface area contributed by atoms with Crippen LogP contribution in [-0.2, 0) is 55.8 Å². The summed E-state index contributed by atoms with van der Waals surface area (Å²) in [5, 5.41) is 20.7. The molecule has 0 aliphatic rings. The van der Waals surface area contributed by atoms with Crippen molar-refractivity contribution >= 4 is 33.6 Å². The molecular formula is C89H146O16P2. The minimum atomic E-state index is -4.95. The molecule has 0 saturated heterocycles. The molecule has 5 atom stereocenters. The van der Waals surface area contributed by atoms with E-state index in [0.717, 1.165) is 180 Å². The Kier molecular flexibility index (Phi) is 76.2. The molecule has 0 rings (SSSR count). The van der Waals surface area contributed by atoms with Gasteiger partial charge in [0.1, 0.15) is 25.4 Å². The lowest BCUT2D eigenvalue weighted by atomic mass is 10.0. The highest BCUT2D eigenvalue weighted by molar-refractivity contribution is 7.47. The van der Waals surface area contributed by atoms with Crippen molar-refractivity contribution in [2.45, 2.75) is 322 Å². The Bertz CT molecular complexity index is 2670. The summed E-state index contributed by atoms with van der Waals surface area (Å²) < 4.78 is 61.2. The van der Waals surface area contributed by atoms with Crippen LogP contribution in [0.3, 0.4) is 0 Å². The molecule has 0 saturated carbocycles. The maximum atomic E-state index is 13.0. The third kappa shape index (κ3) is 81.5. The molecule has 5 unspecified atom stereocenters. The summed E-state index contributed by atoms with van der Waals surface area (Å²) in [5.41, 5.74) is 0. The molecule has 0 aliphatic heterocycles. The lowest BCUT2D eigenvalue weighted by Crippen LogP contribution is -2.30. The van der Waals surface area contributed by atoms with Gasteiger partial charge in [0, 0.05) is 19.3 Å². The van der Waals surface area contributed by atoms with Gasteiger partial charge >= 0.3 is 33.6 Å². The van der Waals surface area contributed by atoms with Crippen LogP contribution in [-0.4, -0.2) is 95.9 Å². The second-order valence-electron chi connectivity index (χ2n) is 26.8. The zero-order chi connectivity index (χ0) is 78.0. The largest absolute Gasteiger partial charge is 0.472 e. The summed E-state index contributed by atoms with van der Waals surface area (Å²) in [7, 11) is -9.82. The average molecular weight is 1530 g/mol. The molecule has 0 aromatic carbocycles. The van der Waals surface area contributed by atoms with Crippen LogP contribution in [0.5, 0.6) is 0 Å². The van der Waals surface area contributed by atoms with Gasteiger partial charge in [0.2, 0.25) is 0 Å². The summed E-state index contributed by atoms with van der Waals surface area (Å²) in [5.74, 6) is -1.64. The standard InChI is InChI=1S/C89H146O16P2/c1-4-7-10-13-16-19-22-25-28-31-33-35-36-37-38-39-40-41-42-43-44-45-46-48-50-52-54-57-60-63-66-69-72-75-87(92)99-78-84(90)79-101-106(95,96)102-80-85(91)81-103-107(97,98)104-83-86(105-89(94)77-74-71-68-65-62-59-56-51-30-27-24-21-18-15-12-9-6-3)82-100-88(93)76-73-70-67-64-61-58-55-53-49-47-34-32-29-26-23-20-17-14-11-8-5-2/h7-12,16-21,25-30,33-35,37-38,40-41,47,53,55,61,64,84-86,90-91H,4-6,13-15,22-24,31-32,36,39,42-46,48-52,54,56-60,62-63,65-83H2,1-3H3,(H,95,96)(H,97,98)/b10-7-,11-8-,12-9-,19-16-,20-17-,21-18-,28-25-,29-26-,30-27-,35-33-,38-37-,41-40-,47-34-,55-53-,64-61-. The zero-order valence-electron chi connectivity index (χ0n) is 66.5. The fourth-order valence-electron chi connectivity index (χ4n) is 10.5. The zero-order valence-corrected chi connectivity index (χ0v) is 68.3. The monoisotopic (exact) mass is 1530 g/mol. The predicted molar refractivity (Wildman–Crippen MR) is 445 cm³/mol. The number of carbonyl (C=O) groups excluding carboxylic acids is 3. The van der Waals surface area contributed by atoms with Gasteiger partial charge < -0.3 is 34.2 Å². The van der Waals surface area contributed by atoms with Crippen molar-refractivity contribution in [1.82, 2.24) is 0 Å². The molecule has 0 amide bonds. The normalized spacial score (nSPS) is 14.9. The number of rotatable bonds is 76. The van der Waals surface area contributed by atoms with Gasteiger partial charge in [0.25, 0.3) is 0 Å². The van der Waals surface area contributed by atoms with E-state index in [1.54, 1.807) is 0 Å². The molecular weight excluding hydrogens is 1390 g/mol. The van der Waals surface area contributed by atoms with Crippen LogP contribution >= 0.6 is 15.6 Å². The number of esters is 3. The van der Waals surface area contributed by atoms with Crippen LogP contribution in [0, 0.1) is 0 Å². The van der Waals surface area contributed by atoms with E-state index in [1.165, 1.54) is 64.2 Å². The Morgan fingerprint density at radius 1 is 0.262 bits per heavy atom. The molecule has 18 heteroatoms. The number of unbranched alkanes of at least 4 members (excludes halogenated alkanes) is 23. The van der Waals surface area contributed by atoms with E-state index < -0.39 is 91.5 Å². The number of ether oxygens (including phenoxy) is 3. The fraction of sp³-hybridized carbons (Fsp3) is 0.629. The number of phosphoric acid groups is 2. The van der Waals surface area contributed by atoms with Gasteiger partial charge in [0.15, 0.2) is 6.10 Å². The Labute approximate surface area is 649 Å². The van der Waals surface area contributed by atoms with Crippen molar-refractivity contribution in [2.24, 2.45) is 0 Å². The molecule has 0 aromatic heterocycles. The average Bonchev–Trinajstić information content (AvgIpc) is 0.907. The highest BCUT2D eigenvalue weighted by Crippen LogP contribution is 2.45. The molecule has 0 aromatic rings. The quantitative estimate of drug-likeness (QED) is 0.0146. The summed E-state index contributed by atoms with van der Waals surface area (Å²) >= 11 is 0. The summed E-state index contributed by atoms with van der Waals surface area (Å²) in [6.07, 6.45) is 104. The van der Waals surface area contributed by atoms with Gasteiger partial charge in [-0.15, -0.1) is 0 Å². The Balaban J connectivity index is 4.55. The number of phosphoric ester groups is 2. The van der Waals surface area contributed by atoms with E-state index >= 15 is 0 Å². The lowest BCUT2D eigenvalue weighted by molar-refractivity contribution is -0.161. The topological polar surface area (TPSA) is 231 Å². The minimum absolute atomic E-state index is 0.0774. The first-order valence-corrected chi connectivity index (χ1v) is 44.1. The number of aliphatic hydroxyl groups excluding tert-OH is 2. The maximum absolute atomic E-state index is 13.0. The van der Waals surface area contributed by atoms with E-state index in [9.17, 15) is 43.5 Å². The molecule has 0 fully saturated rings. The third-order valence-electron chi connectivity index (χ3n) is 16.6. The highest BCUT2D eigenvalue weighted by Gasteiger charge is 2.29. The van der Waals surface area contributed by atoms with Gasteiger partial charge in [0.05, 0.1) is 26.4 Å². The molecule has 608 valence electrons. The van der Waals surface area contributed by atoms with Gasteiger partial charge in [-0.1, -0.05) is 312 Å². The van der Waals surface area contributed by atoms with E-state index in [-0.39, 0.29) is 19.3 Å². The molecule has 0 heterocycles. The van der Waals surface area contributed by atoms with Crippen molar-refractivity contribution in [3.63, 3.8) is 0 Å². The number of hydrogen-bond donors (Lipinski definition) is 4. The number of aliphatic hydroxyl groups is 2. The Morgan fingerprint density at radius 2 is 0.467 bits per heavy atom. The summed E-state index contributed by atoms with van der Waals surface area (Å²) in [6.45, 7) is 2.27. The van der Waals surface area contributed by atoms with E-state index in [4.69, 9.17) is 32.3 Å². The molecule has 16 nitrogen and oxygen atoms in total. The van der Waals surface area contributed by atoms with Gasteiger partial charge in [-0.05, 0) is 154 Å². The van der Waals surface area contributed by atoms with Crippen LogP contribution in [0.4, 0.5) is 0 Å². The first-order chi connectivity index (χ1) is 52.2. The van der Waals surface area contributed by atoms with Crippen molar-refractivity contribution in [2.75, 3.05) is 39.6 Å². The first-order valence-electron chi connectivity index (χ1n) is 41.1. The number of carbonyl (C=O) groups is 3. The molecule has 107 heavy (non-hydrogen) atoms. The Hall–Kier alpha value is -5.35. The van der Waals surface area contributed by atoms with Gasteiger partial charge in [-0.2, -0.15) is 0 Å².